The van der Waals surface area contributed by atoms with Gasteiger partial charge in [-0.15, -0.1) is 10.2 Å². The largest absolute Gasteiger partial charge is 0.478 e. The van der Waals surface area contributed by atoms with Crippen molar-refractivity contribution in [2.45, 2.75) is 35.1 Å². The normalized spacial score (nSPS) is 15.1. The van der Waals surface area contributed by atoms with Crippen molar-refractivity contribution in [3.63, 3.8) is 0 Å². The number of rotatable bonds is 7. The fraction of sp³-hybridized carbons (Fsp3) is 0.286. The number of nitrogens with zero attached hydrogens (tertiary/aromatic N) is 3. The number of carboxylic acid groups (broad SMARTS) is 1. The van der Waals surface area contributed by atoms with Crippen molar-refractivity contribution in [1.82, 2.24) is 14.5 Å². The second-order valence-electron chi connectivity index (χ2n) is 7.16. The van der Waals surface area contributed by atoms with E-state index in [9.17, 15) is 13.2 Å². The second-order valence-corrected chi connectivity index (χ2v) is 10.0. The number of aromatic nitrogens is 2. The molecular formula is C21H21N3O5S2. The molecule has 1 fully saturated rings. The lowest BCUT2D eigenvalue weighted by Gasteiger charge is -2.25. The third-order valence-electron chi connectivity index (χ3n) is 5.00. The van der Waals surface area contributed by atoms with Crippen LogP contribution in [0.5, 0.6) is 0 Å². The fourth-order valence-electron chi connectivity index (χ4n) is 3.32. The smallest absolute Gasteiger partial charge is 0.335 e. The van der Waals surface area contributed by atoms with Gasteiger partial charge in [-0.3, -0.25) is 0 Å². The predicted molar refractivity (Wildman–Crippen MR) is 115 cm³/mol. The van der Waals surface area contributed by atoms with E-state index in [1.807, 2.05) is 0 Å². The molecule has 4 rings (SSSR count). The molecule has 31 heavy (non-hydrogen) atoms. The van der Waals surface area contributed by atoms with Crippen LogP contribution in [0.25, 0.3) is 11.5 Å². The Labute approximate surface area is 184 Å². The molecule has 0 unspecified atom stereocenters. The topological polar surface area (TPSA) is 114 Å². The van der Waals surface area contributed by atoms with Crippen LogP contribution >= 0.6 is 11.8 Å². The van der Waals surface area contributed by atoms with Crippen LogP contribution in [0.2, 0.25) is 0 Å². The molecule has 1 aliphatic rings. The number of hydrogen-bond donors (Lipinski definition) is 1. The molecule has 0 spiro atoms. The highest BCUT2D eigenvalue weighted by atomic mass is 32.2. The molecule has 0 atom stereocenters. The lowest BCUT2D eigenvalue weighted by atomic mass is 10.1. The summed E-state index contributed by atoms with van der Waals surface area (Å²) in [6, 6.07) is 13.1. The maximum atomic E-state index is 12.9. The van der Waals surface area contributed by atoms with Gasteiger partial charge in [0.1, 0.15) is 0 Å². The Bertz CT molecular complexity index is 1170. The zero-order valence-electron chi connectivity index (χ0n) is 16.6. The zero-order valence-corrected chi connectivity index (χ0v) is 18.2. The molecule has 0 aliphatic carbocycles. The summed E-state index contributed by atoms with van der Waals surface area (Å²) in [6.07, 6.45) is 2.81. The summed E-state index contributed by atoms with van der Waals surface area (Å²) in [4.78, 5) is 11.1. The number of aromatic carboxylic acids is 1. The molecule has 2 aromatic carbocycles. The van der Waals surface area contributed by atoms with E-state index in [1.54, 1.807) is 48.5 Å². The Balaban J connectivity index is 1.46. The second kappa shape index (κ2) is 9.21. The molecule has 0 bridgehead atoms. The molecule has 0 radical (unpaired) electrons. The van der Waals surface area contributed by atoms with E-state index in [4.69, 9.17) is 9.52 Å². The first-order valence-corrected chi connectivity index (χ1v) is 12.3. The van der Waals surface area contributed by atoms with E-state index < -0.39 is 16.0 Å². The Kier molecular flexibility index (Phi) is 6.40. The van der Waals surface area contributed by atoms with Gasteiger partial charge in [0, 0.05) is 24.4 Å². The molecule has 162 valence electrons. The summed E-state index contributed by atoms with van der Waals surface area (Å²) >= 11 is 1.32. The van der Waals surface area contributed by atoms with Crippen LogP contribution in [0.15, 0.2) is 63.1 Å². The van der Waals surface area contributed by atoms with Gasteiger partial charge in [0.25, 0.3) is 5.22 Å². The van der Waals surface area contributed by atoms with Crippen molar-refractivity contribution in [3.05, 3.63) is 59.7 Å². The van der Waals surface area contributed by atoms with Crippen molar-refractivity contribution in [1.29, 1.82) is 0 Å². The molecule has 1 saturated heterocycles. The van der Waals surface area contributed by atoms with Crippen molar-refractivity contribution < 1.29 is 22.7 Å². The first-order valence-electron chi connectivity index (χ1n) is 9.82. The van der Waals surface area contributed by atoms with Crippen LogP contribution in [0.3, 0.4) is 0 Å². The molecule has 8 nitrogen and oxygen atoms in total. The monoisotopic (exact) mass is 459 g/mol. The van der Waals surface area contributed by atoms with Gasteiger partial charge >= 0.3 is 5.97 Å². The molecular weight excluding hydrogens is 438 g/mol. The maximum absolute atomic E-state index is 12.9. The Morgan fingerprint density at radius 2 is 1.81 bits per heavy atom. The average Bonchev–Trinajstić information content (AvgIpc) is 3.28. The molecule has 1 aliphatic heterocycles. The predicted octanol–water partition coefficient (Wildman–Crippen LogP) is 3.90. The molecule has 1 aromatic heterocycles. The van der Waals surface area contributed by atoms with E-state index in [0.29, 0.717) is 29.6 Å². The highest BCUT2D eigenvalue weighted by Gasteiger charge is 2.26. The minimum absolute atomic E-state index is 0.220. The standard InChI is InChI=1S/C21H21N3O5S2/c25-20(26)16-9-7-15(8-10-16)14-30-21-23-22-19(29-21)17-5-4-6-18(13-17)31(27,28)24-11-2-1-3-12-24/h4-10,13H,1-3,11-12,14H2,(H,25,26). The van der Waals surface area contributed by atoms with Gasteiger partial charge in [0.05, 0.1) is 10.5 Å². The highest BCUT2D eigenvalue weighted by molar-refractivity contribution is 7.98. The van der Waals surface area contributed by atoms with Crippen LogP contribution < -0.4 is 0 Å². The first kappa shape index (κ1) is 21.5. The van der Waals surface area contributed by atoms with E-state index in [1.165, 1.54) is 16.1 Å². The molecule has 1 N–H and O–H groups in total. The number of benzene rings is 2. The molecule has 0 amide bonds. The lowest BCUT2D eigenvalue weighted by Crippen LogP contribution is -2.35. The molecule has 3 aromatic rings. The summed E-state index contributed by atoms with van der Waals surface area (Å²) in [5.74, 6) is -0.185. The summed E-state index contributed by atoms with van der Waals surface area (Å²) in [5.41, 5.74) is 1.70. The van der Waals surface area contributed by atoms with Crippen LogP contribution in [-0.2, 0) is 15.8 Å². The van der Waals surface area contributed by atoms with Crippen molar-refractivity contribution >= 4 is 27.8 Å². The summed E-state index contributed by atoms with van der Waals surface area (Å²) in [6.45, 7) is 1.09. The van der Waals surface area contributed by atoms with Gasteiger partial charge in [-0.25, -0.2) is 13.2 Å². The van der Waals surface area contributed by atoms with E-state index >= 15 is 0 Å². The summed E-state index contributed by atoms with van der Waals surface area (Å²) < 4.78 is 33.1. The summed E-state index contributed by atoms with van der Waals surface area (Å²) in [5, 5.41) is 17.4. The first-order chi connectivity index (χ1) is 14.9. The Hall–Kier alpha value is -2.69. The average molecular weight is 460 g/mol. The van der Waals surface area contributed by atoms with Gasteiger partial charge in [0.15, 0.2) is 0 Å². The third-order valence-corrected chi connectivity index (χ3v) is 7.79. The zero-order chi connectivity index (χ0) is 21.8. The van der Waals surface area contributed by atoms with Crippen molar-refractivity contribution in [3.8, 4) is 11.5 Å². The van der Waals surface area contributed by atoms with E-state index in [2.05, 4.69) is 10.2 Å². The Morgan fingerprint density at radius 1 is 1.06 bits per heavy atom. The quantitative estimate of drug-likeness (QED) is 0.529. The van der Waals surface area contributed by atoms with E-state index in [0.717, 1.165) is 24.8 Å². The fourth-order valence-corrected chi connectivity index (χ4v) is 5.60. The van der Waals surface area contributed by atoms with E-state index in [-0.39, 0.29) is 16.3 Å². The van der Waals surface area contributed by atoms with Crippen molar-refractivity contribution in [2.75, 3.05) is 13.1 Å². The van der Waals surface area contributed by atoms with Crippen LogP contribution in [-0.4, -0.2) is 47.1 Å². The third kappa shape index (κ3) is 4.97. The maximum Gasteiger partial charge on any atom is 0.335 e. The van der Waals surface area contributed by atoms with Gasteiger partial charge in [-0.05, 0) is 48.7 Å². The Morgan fingerprint density at radius 3 is 2.52 bits per heavy atom. The number of carbonyl (C=O) groups is 1. The number of hydrogen-bond acceptors (Lipinski definition) is 7. The molecule has 2 heterocycles. The minimum atomic E-state index is -3.55. The number of thioether (sulfide) groups is 1. The lowest BCUT2D eigenvalue weighted by molar-refractivity contribution is 0.0697. The van der Waals surface area contributed by atoms with Crippen molar-refractivity contribution in [2.24, 2.45) is 0 Å². The van der Waals surface area contributed by atoms with Gasteiger partial charge in [0.2, 0.25) is 15.9 Å². The van der Waals surface area contributed by atoms with Crippen LogP contribution in [0, 0.1) is 0 Å². The molecule has 0 saturated carbocycles. The SMILES string of the molecule is O=C(O)c1ccc(CSc2nnc(-c3cccc(S(=O)(=O)N4CCCCC4)c3)o2)cc1. The number of piperidine rings is 1. The van der Waals surface area contributed by atoms with Crippen LogP contribution in [0.4, 0.5) is 0 Å². The minimum Gasteiger partial charge on any atom is -0.478 e. The highest BCUT2D eigenvalue weighted by Crippen LogP contribution is 2.28. The van der Waals surface area contributed by atoms with Crippen LogP contribution in [0.1, 0.15) is 35.2 Å². The summed E-state index contributed by atoms with van der Waals surface area (Å²) in [7, 11) is -3.55. The van der Waals surface area contributed by atoms with Gasteiger partial charge < -0.3 is 9.52 Å². The van der Waals surface area contributed by atoms with Gasteiger partial charge in [-0.1, -0.05) is 36.4 Å². The molecule has 10 heteroatoms. The number of sulfonamides is 1. The van der Waals surface area contributed by atoms with Gasteiger partial charge in [-0.2, -0.15) is 4.31 Å². The number of carboxylic acids is 1.